The number of hydrogen-bond acceptors (Lipinski definition) is 4. The fourth-order valence-electron chi connectivity index (χ4n) is 2.52. The third-order valence-corrected chi connectivity index (χ3v) is 7.03. The fraction of sp³-hybridized carbons (Fsp3) is 0.0526. The van der Waals surface area contributed by atoms with Gasteiger partial charge in [-0.15, -0.1) is 0 Å². The smallest absolute Gasteiger partial charge is 0.261 e. The Morgan fingerprint density at radius 2 is 1.21 bits per heavy atom. The molecule has 0 aliphatic rings. The van der Waals surface area contributed by atoms with E-state index in [0.29, 0.717) is 5.69 Å². The van der Waals surface area contributed by atoms with Crippen LogP contribution in [0.4, 0.5) is 11.4 Å². The molecule has 3 aromatic rings. The van der Waals surface area contributed by atoms with Crippen molar-refractivity contribution in [3.05, 3.63) is 82.3 Å². The summed E-state index contributed by atoms with van der Waals surface area (Å²) in [5, 5.41) is 0.364. The number of halogens is 2. The van der Waals surface area contributed by atoms with Gasteiger partial charge >= 0.3 is 0 Å². The van der Waals surface area contributed by atoms with Crippen LogP contribution in [0.5, 0.6) is 0 Å². The second kappa shape index (κ2) is 8.23. The summed E-state index contributed by atoms with van der Waals surface area (Å²) in [6, 6.07) is 16.2. The largest absolute Gasteiger partial charge is 0.280 e. The van der Waals surface area contributed by atoms with E-state index in [1.54, 1.807) is 18.2 Å². The third-order valence-electron chi connectivity index (χ3n) is 3.83. The molecule has 3 aromatic carbocycles. The molecule has 0 amide bonds. The average molecular weight is 471 g/mol. The summed E-state index contributed by atoms with van der Waals surface area (Å²) in [5.41, 5.74) is 1.54. The maximum atomic E-state index is 12.5. The van der Waals surface area contributed by atoms with E-state index in [9.17, 15) is 16.8 Å². The van der Waals surface area contributed by atoms with Crippen molar-refractivity contribution < 1.29 is 16.8 Å². The van der Waals surface area contributed by atoms with E-state index in [4.69, 9.17) is 23.2 Å². The van der Waals surface area contributed by atoms with Crippen molar-refractivity contribution in [1.29, 1.82) is 0 Å². The Bertz CT molecular complexity index is 1240. The molecule has 10 heteroatoms. The minimum absolute atomic E-state index is 0.00671. The van der Waals surface area contributed by atoms with E-state index in [2.05, 4.69) is 9.44 Å². The number of aryl methyl sites for hydroxylation is 1. The Balaban J connectivity index is 1.80. The molecular formula is C19H16Cl2N2O4S2. The van der Waals surface area contributed by atoms with Crippen molar-refractivity contribution in [2.45, 2.75) is 16.7 Å². The summed E-state index contributed by atoms with van der Waals surface area (Å²) >= 11 is 11.7. The molecule has 29 heavy (non-hydrogen) atoms. The first-order valence-corrected chi connectivity index (χ1v) is 12.0. The normalized spacial score (nSPS) is 11.8. The molecule has 152 valence electrons. The van der Waals surface area contributed by atoms with Crippen LogP contribution in [0, 0.1) is 6.92 Å². The third kappa shape index (κ3) is 5.42. The number of rotatable bonds is 6. The molecule has 0 saturated heterocycles. The van der Waals surface area contributed by atoms with Crippen LogP contribution in [0.3, 0.4) is 0 Å². The predicted molar refractivity (Wildman–Crippen MR) is 116 cm³/mol. The molecule has 0 aromatic heterocycles. The van der Waals surface area contributed by atoms with Crippen LogP contribution in [0.15, 0.2) is 76.5 Å². The van der Waals surface area contributed by atoms with Gasteiger partial charge in [0, 0.05) is 21.4 Å². The molecule has 0 radical (unpaired) electrons. The first kappa shape index (κ1) is 21.4. The molecule has 0 unspecified atom stereocenters. The molecule has 0 heterocycles. The van der Waals surface area contributed by atoms with Gasteiger partial charge in [-0.2, -0.15) is 0 Å². The topological polar surface area (TPSA) is 92.3 Å². The molecule has 3 rings (SSSR count). The number of anilines is 2. The highest BCUT2D eigenvalue weighted by atomic mass is 35.5. The van der Waals surface area contributed by atoms with Crippen molar-refractivity contribution in [1.82, 2.24) is 0 Å². The number of benzene rings is 3. The lowest BCUT2D eigenvalue weighted by molar-refractivity contribution is 0.600. The van der Waals surface area contributed by atoms with Gasteiger partial charge in [-0.3, -0.25) is 9.44 Å². The zero-order chi connectivity index (χ0) is 21.2. The van der Waals surface area contributed by atoms with Gasteiger partial charge in [0.25, 0.3) is 20.0 Å². The van der Waals surface area contributed by atoms with E-state index in [1.807, 2.05) is 13.0 Å². The predicted octanol–water partition coefficient (Wildman–Crippen LogP) is 4.90. The quantitative estimate of drug-likeness (QED) is 0.535. The van der Waals surface area contributed by atoms with Crippen molar-refractivity contribution in [3.63, 3.8) is 0 Å². The van der Waals surface area contributed by atoms with Gasteiger partial charge in [0.05, 0.1) is 9.79 Å². The molecule has 0 atom stereocenters. The molecular weight excluding hydrogens is 455 g/mol. The van der Waals surface area contributed by atoms with E-state index < -0.39 is 20.0 Å². The summed E-state index contributed by atoms with van der Waals surface area (Å²) in [6.07, 6.45) is 0. The standard InChI is InChI=1S/C19H16Cl2N2O4S2/c1-13-3-2-4-17(9-13)23-28(24,25)18-7-5-16(6-8-18)22-29(26,27)19-11-14(20)10-15(21)12-19/h2-12,22-23H,1H3. The second-order valence-electron chi connectivity index (χ2n) is 6.21. The lowest BCUT2D eigenvalue weighted by Gasteiger charge is -2.11. The zero-order valence-corrected chi connectivity index (χ0v) is 18.2. The van der Waals surface area contributed by atoms with Crippen LogP contribution in [0.25, 0.3) is 0 Å². The second-order valence-corrected chi connectivity index (χ2v) is 10.4. The molecule has 2 N–H and O–H groups in total. The number of hydrogen-bond donors (Lipinski definition) is 2. The Kier molecular flexibility index (Phi) is 6.09. The molecule has 0 fully saturated rings. The summed E-state index contributed by atoms with van der Waals surface area (Å²) in [7, 11) is -7.76. The van der Waals surface area contributed by atoms with Crippen molar-refractivity contribution in [2.75, 3.05) is 9.44 Å². The zero-order valence-electron chi connectivity index (χ0n) is 15.1. The highest BCUT2D eigenvalue weighted by Gasteiger charge is 2.18. The Hall–Kier alpha value is -2.26. The van der Waals surface area contributed by atoms with Gasteiger partial charge in [-0.1, -0.05) is 35.3 Å². The van der Waals surface area contributed by atoms with E-state index in [0.717, 1.165) is 5.56 Å². The number of sulfonamides is 2. The highest BCUT2D eigenvalue weighted by Crippen LogP contribution is 2.25. The Morgan fingerprint density at radius 3 is 1.79 bits per heavy atom. The van der Waals surface area contributed by atoms with Crippen LogP contribution in [-0.2, 0) is 20.0 Å². The van der Waals surface area contributed by atoms with Gasteiger partial charge in [-0.05, 0) is 67.1 Å². The van der Waals surface area contributed by atoms with Crippen LogP contribution in [0.1, 0.15) is 5.56 Å². The van der Waals surface area contributed by atoms with Gasteiger partial charge in [0.1, 0.15) is 0 Å². The molecule has 0 bridgehead atoms. The summed E-state index contributed by atoms with van der Waals surface area (Å²) in [5.74, 6) is 0. The highest BCUT2D eigenvalue weighted by molar-refractivity contribution is 7.93. The van der Waals surface area contributed by atoms with Gasteiger partial charge in [-0.25, -0.2) is 16.8 Å². The minimum atomic E-state index is -3.94. The molecule has 0 aliphatic heterocycles. The molecule has 0 saturated carbocycles. The summed E-state index contributed by atoms with van der Waals surface area (Å²) < 4.78 is 54.9. The first-order chi connectivity index (χ1) is 13.5. The SMILES string of the molecule is Cc1cccc(NS(=O)(=O)c2ccc(NS(=O)(=O)c3cc(Cl)cc(Cl)c3)cc2)c1. The van der Waals surface area contributed by atoms with Crippen LogP contribution >= 0.6 is 23.2 Å². The van der Waals surface area contributed by atoms with Gasteiger partial charge in [0.15, 0.2) is 0 Å². The molecule has 6 nitrogen and oxygen atoms in total. The van der Waals surface area contributed by atoms with Gasteiger partial charge < -0.3 is 0 Å². The van der Waals surface area contributed by atoms with Crippen LogP contribution in [-0.4, -0.2) is 16.8 Å². The summed E-state index contributed by atoms with van der Waals surface area (Å²) in [6.45, 7) is 1.85. The summed E-state index contributed by atoms with van der Waals surface area (Å²) in [4.78, 5) is -0.111. The average Bonchev–Trinajstić information content (AvgIpc) is 2.60. The maximum absolute atomic E-state index is 12.5. The lowest BCUT2D eigenvalue weighted by atomic mass is 10.2. The van der Waals surface area contributed by atoms with Gasteiger partial charge in [0.2, 0.25) is 0 Å². The lowest BCUT2D eigenvalue weighted by Crippen LogP contribution is -2.14. The minimum Gasteiger partial charge on any atom is -0.280 e. The molecule has 0 aliphatic carbocycles. The first-order valence-electron chi connectivity index (χ1n) is 8.24. The fourth-order valence-corrected chi connectivity index (χ4v) is 5.36. The van der Waals surface area contributed by atoms with Crippen molar-refractivity contribution >= 4 is 54.6 Å². The van der Waals surface area contributed by atoms with Crippen LogP contribution < -0.4 is 9.44 Å². The monoisotopic (exact) mass is 470 g/mol. The Labute approximate surface area is 179 Å². The molecule has 0 spiro atoms. The number of nitrogens with one attached hydrogen (secondary N) is 2. The van der Waals surface area contributed by atoms with E-state index in [1.165, 1.54) is 42.5 Å². The Morgan fingerprint density at radius 1 is 0.655 bits per heavy atom. The van der Waals surface area contributed by atoms with E-state index in [-0.39, 0.29) is 25.5 Å². The van der Waals surface area contributed by atoms with Crippen LogP contribution in [0.2, 0.25) is 10.0 Å². The maximum Gasteiger partial charge on any atom is 0.261 e. The van der Waals surface area contributed by atoms with E-state index >= 15 is 0 Å². The van der Waals surface area contributed by atoms with Crippen molar-refractivity contribution in [3.8, 4) is 0 Å². The van der Waals surface area contributed by atoms with Crippen molar-refractivity contribution in [2.24, 2.45) is 0 Å².